The minimum atomic E-state index is -0.311. The molecule has 1 aliphatic rings. The molecule has 102 valence electrons. The molecule has 0 aliphatic heterocycles. The maximum atomic E-state index is 9.60. The first-order chi connectivity index (χ1) is 9.18. The van der Waals surface area contributed by atoms with Crippen molar-refractivity contribution in [3.63, 3.8) is 0 Å². The fourth-order valence-corrected chi connectivity index (χ4v) is 2.79. The van der Waals surface area contributed by atoms with Gasteiger partial charge in [0.1, 0.15) is 0 Å². The summed E-state index contributed by atoms with van der Waals surface area (Å²) >= 11 is 0. The van der Waals surface area contributed by atoms with Crippen LogP contribution < -0.4 is 0 Å². The van der Waals surface area contributed by atoms with Crippen molar-refractivity contribution in [1.29, 1.82) is 5.26 Å². The minimum absolute atomic E-state index is 0.311. The van der Waals surface area contributed by atoms with Gasteiger partial charge in [0.15, 0.2) is 0 Å². The van der Waals surface area contributed by atoms with Gasteiger partial charge >= 0.3 is 0 Å². The first-order valence-corrected chi connectivity index (χ1v) is 7.25. The standard InChI is InChI=1S/C17H23NO/c1-14(2)8-11-19-12-10-17(13-18)9-7-15-5-3-4-6-16(15)17/h3-6,14H,7-12H2,1-2H3. The molecule has 0 bridgehead atoms. The van der Waals surface area contributed by atoms with Crippen LogP contribution in [0, 0.1) is 17.2 Å². The Morgan fingerprint density at radius 1 is 1.32 bits per heavy atom. The maximum absolute atomic E-state index is 9.60. The van der Waals surface area contributed by atoms with Crippen LogP contribution in [-0.4, -0.2) is 13.2 Å². The van der Waals surface area contributed by atoms with E-state index in [0.29, 0.717) is 12.5 Å². The van der Waals surface area contributed by atoms with E-state index in [0.717, 1.165) is 32.3 Å². The van der Waals surface area contributed by atoms with Gasteiger partial charge in [-0.2, -0.15) is 5.26 Å². The fraction of sp³-hybridized carbons (Fsp3) is 0.588. The van der Waals surface area contributed by atoms with Crippen LogP contribution >= 0.6 is 0 Å². The van der Waals surface area contributed by atoms with Crippen LogP contribution in [0.1, 0.15) is 44.2 Å². The highest BCUT2D eigenvalue weighted by molar-refractivity contribution is 5.43. The molecule has 0 saturated heterocycles. The van der Waals surface area contributed by atoms with E-state index in [2.05, 4.69) is 38.1 Å². The Morgan fingerprint density at radius 3 is 2.84 bits per heavy atom. The smallest absolute Gasteiger partial charge is 0.0850 e. The Hall–Kier alpha value is -1.33. The average molecular weight is 257 g/mol. The van der Waals surface area contributed by atoms with Crippen molar-refractivity contribution in [2.75, 3.05) is 13.2 Å². The SMILES string of the molecule is CC(C)CCOCCC1(C#N)CCc2ccccc21. The van der Waals surface area contributed by atoms with Gasteiger partial charge in [-0.15, -0.1) is 0 Å². The summed E-state index contributed by atoms with van der Waals surface area (Å²) in [6, 6.07) is 10.9. The van der Waals surface area contributed by atoms with E-state index in [1.54, 1.807) is 0 Å². The Labute approximate surface area is 116 Å². The van der Waals surface area contributed by atoms with Crippen LogP contribution in [-0.2, 0) is 16.6 Å². The summed E-state index contributed by atoms with van der Waals surface area (Å²) in [5.74, 6) is 0.678. The quantitative estimate of drug-likeness (QED) is 0.725. The van der Waals surface area contributed by atoms with Crippen LogP contribution in [0.3, 0.4) is 0 Å². The van der Waals surface area contributed by atoms with Crippen molar-refractivity contribution in [3.05, 3.63) is 35.4 Å². The predicted molar refractivity (Wildman–Crippen MR) is 76.9 cm³/mol. The second-order valence-corrected chi connectivity index (χ2v) is 5.90. The molecule has 0 amide bonds. The lowest BCUT2D eigenvalue weighted by molar-refractivity contribution is 0.111. The lowest BCUT2D eigenvalue weighted by Gasteiger charge is -2.22. The second-order valence-electron chi connectivity index (χ2n) is 5.90. The summed E-state index contributed by atoms with van der Waals surface area (Å²) < 4.78 is 5.70. The summed E-state index contributed by atoms with van der Waals surface area (Å²) in [6.07, 6.45) is 3.88. The van der Waals surface area contributed by atoms with Crippen molar-refractivity contribution in [2.24, 2.45) is 5.92 Å². The zero-order chi connectivity index (χ0) is 13.7. The molecule has 0 aromatic heterocycles. The molecule has 0 spiro atoms. The Bertz CT molecular complexity index is 461. The molecule has 0 N–H and O–H groups in total. The Kier molecular flexibility index (Phi) is 4.61. The lowest BCUT2D eigenvalue weighted by atomic mass is 9.80. The van der Waals surface area contributed by atoms with Crippen LogP contribution in [0.25, 0.3) is 0 Å². The number of rotatable bonds is 6. The van der Waals surface area contributed by atoms with Gasteiger partial charge in [0.25, 0.3) is 0 Å². The van der Waals surface area contributed by atoms with Crippen molar-refractivity contribution in [3.8, 4) is 6.07 Å². The van der Waals surface area contributed by atoms with E-state index in [4.69, 9.17) is 4.74 Å². The number of aryl methyl sites for hydroxylation is 1. The van der Waals surface area contributed by atoms with Gasteiger partial charge in [-0.25, -0.2) is 0 Å². The second kappa shape index (κ2) is 6.21. The highest BCUT2D eigenvalue weighted by Crippen LogP contribution is 2.40. The average Bonchev–Trinajstić information content (AvgIpc) is 2.78. The fourth-order valence-electron chi connectivity index (χ4n) is 2.79. The molecule has 1 aromatic carbocycles. The highest BCUT2D eigenvalue weighted by Gasteiger charge is 2.38. The van der Waals surface area contributed by atoms with Gasteiger partial charge in [0.2, 0.25) is 0 Å². The zero-order valence-corrected chi connectivity index (χ0v) is 12.0. The van der Waals surface area contributed by atoms with E-state index in [1.165, 1.54) is 11.1 Å². The van der Waals surface area contributed by atoms with Gasteiger partial charge < -0.3 is 4.74 Å². The van der Waals surface area contributed by atoms with Crippen molar-refractivity contribution >= 4 is 0 Å². The first kappa shape index (κ1) is 14.1. The molecule has 2 heteroatoms. The van der Waals surface area contributed by atoms with Crippen LogP contribution in [0.2, 0.25) is 0 Å². The molecule has 2 nitrogen and oxygen atoms in total. The summed E-state index contributed by atoms with van der Waals surface area (Å²) in [5.41, 5.74) is 2.25. The molecule has 1 aromatic rings. The lowest BCUT2D eigenvalue weighted by Crippen LogP contribution is -2.23. The number of benzene rings is 1. The van der Waals surface area contributed by atoms with E-state index < -0.39 is 0 Å². The molecule has 0 radical (unpaired) electrons. The van der Waals surface area contributed by atoms with Crippen molar-refractivity contribution in [2.45, 2.75) is 44.9 Å². The summed E-state index contributed by atoms with van der Waals surface area (Å²) in [4.78, 5) is 0. The van der Waals surface area contributed by atoms with Crippen LogP contribution in [0.4, 0.5) is 0 Å². The zero-order valence-electron chi connectivity index (χ0n) is 12.0. The van der Waals surface area contributed by atoms with E-state index in [-0.39, 0.29) is 5.41 Å². The molecular weight excluding hydrogens is 234 g/mol. The minimum Gasteiger partial charge on any atom is -0.381 e. The molecule has 1 aliphatic carbocycles. The third kappa shape index (κ3) is 3.16. The van der Waals surface area contributed by atoms with Gasteiger partial charge in [-0.05, 0) is 42.7 Å². The first-order valence-electron chi connectivity index (χ1n) is 7.25. The number of hydrogen-bond donors (Lipinski definition) is 0. The Morgan fingerprint density at radius 2 is 2.11 bits per heavy atom. The van der Waals surface area contributed by atoms with Crippen molar-refractivity contribution < 1.29 is 4.74 Å². The van der Waals surface area contributed by atoms with E-state index in [1.807, 2.05) is 6.07 Å². The number of ether oxygens (including phenoxy) is 1. The number of nitrogens with zero attached hydrogens (tertiary/aromatic N) is 1. The third-order valence-electron chi connectivity index (χ3n) is 4.08. The van der Waals surface area contributed by atoms with Gasteiger partial charge in [-0.3, -0.25) is 0 Å². The van der Waals surface area contributed by atoms with Crippen molar-refractivity contribution in [1.82, 2.24) is 0 Å². The Balaban J connectivity index is 1.93. The largest absolute Gasteiger partial charge is 0.381 e. The third-order valence-corrected chi connectivity index (χ3v) is 4.08. The number of fused-ring (bicyclic) bond motifs is 1. The normalized spacial score (nSPS) is 21.4. The molecule has 1 atom stereocenters. The molecule has 1 unspecified atom stereocenters. The van der Waals surface area contributed by atoms with Gasteiger partial charge in [-0.1, -0.05) is 38.1 Å². The number of nitriles is 1. The monoisotopic (exact) mass is 257 g/mol. The predicted octanol–water partition coefficient (Wildman–Crippen LogP) is 3.85. The topological polar surface area (TPSA) is 33.0 Å². The molecule has 19 heavy (non-hydrogen) atoms. The summed E-state index contributed by atoms with van der Waals surface area (Å²) in [7, 11) is 0. The van der Waals surface area contributed by atoms with Gasteiger partial charge in [0.05, 0.1) is 11.5 Å². The molecule has 0 heterocycles. The summed E-state index contributed by atoms with van der Waals surface area (Å²) in [6.45, 7) is 5.90. The molecular formula is C17H23NO. The molecule has 0 fully saturated rings. The highest BCUT2D eigenvalue weighted by atomic mass is 16.5. The van der Waals surface area contributed by atoms with E-state index in [9.17, 15) is 5.26 Å². The molecule has 2 rings (SSSR count). The van der Waals surface area contributed by atoms with E-state index >= 15 is 0 Å². The molecule has 0 saturated carbocycles. The van der Waals surface area contributed by atoms with Crippen LogP contribution in [0.5, 0.6) is 0 Å². The van der Waals surface area contributed by atoms with Crippen LogP contribution in [0.15, 0.2) is 24.3 Å². The van der Waals surface area contributed by atoms with Gasteiger partial charge in [0, 0.05) is 13.2 Å². The maximum Gasteiger partial charge on any atom is 0.0850 e. The summed E-state index contributed by atoms with van der Waals surface area (Å²) in [5, 5.41) is 9.60. The number of hydrogen-bond acceptors (Lipinski definition) is 2.